The Morgan fingerprint density at radius 1 is 1.25 bits per heavy atom. The Bertz CT molecular complexity index is 1460. The van der Waals surface area contributed by atoms with Crippen LogP contribution in [0.3, 0.4) is 0 Å². The molecule has 0 bridgehead atoms. The zero-order valence-electron chi connectivity index (χ0n) is 24.6. The number of nitrogens with one attached hydrogen (secondary N) is 1. The minimum absolute atomic E-state index is 0. The monoisotopic (exact) mass is 596 g/mol. The van der Waals surface area contributed by atoms with Crippen LogP contribution in [0.25, 0.3) is 0 Å². The number of fused-ring (bicyclic) bond motifs is 2. The molecule has 1 saturated heterocycles. The van der Waals surface area contributed by atoms with E-state index in [0.717, 1.165) is 11.8 Å². The lowest BCUT2D eigenvalue weighted by Crippen LogP contribution is -2.56. The second kappa shape index (κ2) is 12.3. The van der Waals surface area contributed by atoms with E-state index in [0.29, 0.717) is 31.6 Å². The molecule has 2 aromatic rings. The molecule has 2 aromatic carbocycles. The van der Waals surface area contributed by atoms with Crippen molar-refractivity contribution < 1.29 is 29.9 Å². The van der Waals surface area contributed by atoms with Gasteiger partial charge < -0.3 is 20.7 Å². The Labute approximate surface area is 243 Å². The Balaban J connectivity index is 0.00000484. The van der Waals surface area contributed by atoms with Crippen LogP contribution >= 0.6 is 12.4 Å². The fraction of sp³-hybridized carbons (Fsp3) is 0.464. The maximum absolute atomic E-state index is 14.1. The van der Waals surface area contributed by atoms with Crippen LogP contribution in [0.15, 0.2) is 54.2 Å². The summed E-state index contributed by atoms with van der Waals surface area (Å²) < 4.78 is 62.7. The molecule has 1 atom stereocenters. The molecule has 1 fully saturated rings. The summed E-state index contributed by atoms with van der Waals surface area (Å²) in [5.74, 6) is 0.823. The molecule has 2 aliphatic heterocycles. The van der Waals surface area contributed by atoms with Crippen molar-refractivity contribution in [3.8, 4) is 0 Å². The van der Waals surface area contributed by atoms with Gasteiger partial charge in [0, 0.05) is 25.0 Å². The van der Waals surface area contributed by atoms with Gasteiger partial charge in [-0.3, -0.25) is 9.10 Å². The van der Waals surface area contributed by atoms with Gasteiger partial charge in [-0.25, -0.2) is 17.6 Å². The molecule has 2 aliphatic rings. The highest BCUT2D eigenvalue weighted by atomic mass is 35.5. The predicted molar refractivity (Wildman–Crippen MR) is 154 cm³/mol. The molecule has 0 unspecified atom stereocenters. The molecule has 12 heteroatoms. The van der Waals surface area contributed by atoms with E-state index < -0.39 is 45.3 Å². The van der Waals surface area contributed by atoms with E-state index in [1.54, 1.807) is 41.3 Å². The molecule has 0 aromatic heterocycles. The molecule has 1 amide bonds. The number of likely N-dealkylation sites (tertiary alicyclic amines) is 1. The number of hydrogen-bond donors (Lipinski definition) is 2. The maximum atomic E-state index is 14.1. The molecular weight excluding hydrogens is 559 g/mol. The lowest BCUT2D eigenvalue weighted by Gasteiger charge is -2.42. The fourth-order valence-electron chi connectivity index (χ4n) is 5.11. The first-order chi connectivity index (χ1) is 19.1. The van der Waals surface area contributed by atoms with Gasteiger partial charge in [0.2, 0.25) is 15.9 Å². The van der Waals surface area contributed by atoms with Gasteiger partial charge in [-0.1, -0.05) is 36.4 Å². The first-order valence-corrected chi connectivity index (χ1v) is 14.5. The number of carbonyl (C=O) groups is 1. The highest BCUT2D eigenvalue weighted by Gasteiger charge is 2.48. The van der Waals surface area contributed by atoms with Crippen LogP contribution in [0.5, 0.6) is 0 Å². The third kappa shape index (κ3) is 6.85. The highest BCUT2D eigenvalue weighted by molar-refractivity contribution is 7.92. The summed E-state index contributed by atoms with van der Waals surface area (Å²) in [5.41, 5.74) is 5.49. The number of carbonyl (C=O) groups excluding carboxylic acids is 2. The summed E-state index contributed by atoms with van der Waals surface area (Å²) in [6.45, 7) is 1.20. The number of rotatable bonds is 9. The number of halogens is 2. The zero-order valence-corrected chi connectivity index (χ0v) is 24.3. The van der Waals surface area contributed by atoms with Crippen LogP contribution < -0.4 is 15.4 Å². The Morgan fingerprint density at radius 3 is 2.48 bits per heavy atom. The van der Waals surface area contributed by atoms with Crippen LogP contribution in [0.1, 0.15) is 40.6 Å². The van der Waals surface area contributed by atoms with Crippen LogP contribution in [0.4, 0.5) is 10.1 Å². The number of piperidine rings is 1. The van der Waals surface area contributed by atoms with E-state index >= 15 is 0 Å². The van der Waals surface area contributed by atoms with E-state index in [4.69, 9.17) is 13.2 Å². The summed E-state index contributed by atoms with van der Waals surface area (Å²) >= 11 is 0. The number of amides is 1. The smallest absolute Gasteiger partial charge is 0.240 e. The minimum Gasteiger partial charge on any atom is -0.374 e. The number of hydrogen-bond acceptors (Lipinski definition) is 7. The molecule has 4 rings (SSSR count). The van der Waals surface area contributed by atoms with Gasteiger partial charge in [0.1, 0.15) is 23.5 Å². The highest BCUT2D eigenvalue weighted by Crippen LogP contribution is 2.48. The second-order valence-corrected chi connectivity index (χ2v) is 12.6. The van der Waals surface area contributed by atoms with Crippen molar-refractivity contribution in [2.45, 2.75) is 50.2 Å². The Hall–Kier alpha value is -2.95. The van der Waals surface area contributed by atoms with Gasteiger partial charge in [-0.05, 0) is 49.9 Å². The molecule has 0 radical (unpaired) electrons. The fourth-order valence-corrected chi connectivity index (χ4v) is 6.10. The Kier molecular flexibility index (Phi) is 8.77. The number of sulfonamides is 1. The number of nitrogens with zero attached hydrogens (tertiary/aromatic N) is 2. The van der Waals surface area contributed by atoms with Crippen molar-refractivity contribution in [3.63, 3.8) is 0 Å². The van der Waals surface area contributed by atoms with E-state index in [-0.39, 0.29) is 36.8 Å². The molecule has 0 aliphatic carbocycles. The first-order valence-electron chi connectivity index (χ1n) is 13.6. The van der Waals surface area contributed by atoms with Gasteiger partial charge in [-0.2, -0.15) is 0 Å². The van der Waals surface area contributed by atoms with Gasteiger partial charge in [0.05, 0.1) is 33.4 Å². The molecule has 40 heavy (non-hydrogen) atoms. The van der Waals surface area contributed by atoms with Crippen molar-refractivity contribution >= 4 is 40.0 Å². The summed E-state index contributed by atoms with van der Waals surface area (Å²) in [5, 5.41) is 2.71. The standard InChI is InChI=1S/C28H35FN4O5S.ClH/c1-27(2,30)26(35)31-23(18-38-17-20-7-5-4-6-8-20)25(16-34)32-13-11-28(12-14-32)19-33(39(3,36)37)24-15-21(29)9-10-22(24)28;/h4-10,15,23H,11-14,17-19,30H2,1-3H3,(H,31,35);1H/t23-;/m0./s1/i17D2;. The molecule has 218 valence electrons. The average Bonchev–Trinajstić information content (AvgIpc) is 3.22. The largest absolute Gasteiger partial charge is 0.374 e. The summed E-state index contributed by atoms with van der Waals surface area (Å²) in [7, 11) is -3.65. The van der Waals surface area contributed by atoms with Crippen molar-refractivity contribution in [2.24, 2.45) is 5.73 Å². The summed E-state index contributed by atoms with van der Waals surface area (Å²) in [6, 6.07) is 11.3. The van der Waals surface area contributed by atoms with Crippen LogP contribution in [-0.2, 0) is 36.3 Å². The molecule has 1 spiro atoms. The van der Waals surface area contributed by atoms with Gasteiger partial charge in [-0.15, -0.1) is 12.4 Å². The predicted octanol–water partition coefficient (Wildman–Crippen LogP) is 2.52. The minimum atomic E-state index is -3.65. The van der Waals surface area contributed by atoms with Crippen molar-refractivity contribution in [1.82, 2.24) is 10.2 Å². The lowest BCUT2D eigenvalue weighted by molar-refractivity contribution is -0.126. The third-order valence-corrected chi connectivity index (χ3v) is 8.37. The molecule has 3 N–H and O–H groups in total. The number of nitrogens with two attached hydrogens (primary N) is 1. The van der Waals surface area contributed by atoms with Gasteiger partial charge in [0.25, 0.3) is 0 Å². The van der Waals surface area contributed by atoms with Gasteiger partial charge in [0.15, 0.2) is 0 Å². The Morgan fingerprint density at radius 2 is 1.90 bits per heavy atom. The quantitative estimate of drug-likeness (QED) is 0.427. The van der Waals surface area contributed by atoms with Crippen molar-refractivity contribution in [1.29, 1.82) is 0 Å². The lowest BCUT2D eigenvalue weighted by atomic mass is 9.74. The first kappa shape index (κ1) is 28.6. The molecule has 0 saturated carbocycles. The average molecular weight is 597 g/mol. The topological polar surface area (TPSA) is 122 Å². The third-order valence-electron chi connectivity index (χ3n) is 7.25. The van der Waals surface area contributed by atoms with Crippen LogP contribution in [-0.4, -0.2) is 69.2 Å². The van der Waals surface area contributed by atoms with Crippen molar-refractivity contribution in [3.05, 3.63) is 71.2 Å². The molecular formula is C28H36ClFN4O5S. The number of benzene rings is 2. The van der Waals surface area contributed by atoms with E-state index in [1.807, 2.05) is 5.94 Å². The van der Waals surface area contributed by atoms with Crippen LogP contribution in [0, 0.1) is 5.82 Å². The van der Waals surface area contributed by atoms with Gasteiger partial charge >= 0.3 is 0 Å². The van der Waals surface area contributed by atoms with Crippen molar-refractivity contribution in [2.75, 3.05) is 36.8 Å². The number of ether oxygens (including phenoxy) is 1. The zero-order chi connectivity index (χ0) is 30.2. The summed E-state index contributed by atoms with van der Waals surface area (Å²) in [6.07, 6.45) is 1.97. The van der Waals surface area contributed by atoms with E-state index in [2.05, 4.69) is 5.32 Å². The van der Waals surface area contributed by atoms with E-state index in [9.17, 15) is 22.4 Å². The number of anilines is 1. The van der Waals surface area contributed by atoms with Crippen LogP contribution in [0.2, 0.25) is 0 Å². The summed E-state index contributed by atoms with van der Waals surface area (Å²) in [4.78, 5) is 26.9. The molecule has 9 nitrogen and oxygen atoms in total. The SMILES string of the molecule is Cl.[2H]C([2H])(OC[C@H](NC(=O)C(C)(C)N)C(=C=O)N1CCC2(CC1)CN(S(C)(=O)=O)c1cc(F)ccc12)c1ccccc1. The maximum Gasteiger partial charge on any atom is 0.240 e. The molecule has 2 heterocycles. The normalized spacial score (nSPS) is 18.1. The second-order valence-electron chi connectivity index (χ2n) is 10.7. The van der Waals surface area contributed by atoms with E-state index in [1.165, 1.54) is 30.3 Å².